The maximum Gasteiger partial charge on any atom is 0.0569 e. The quantitative estimate of drug-likeness (QED) is 0.937. The predicted molar refractivity (Wildman–Crippen MR) is 83.1 cm³/mol. The third kappa shape index (κ3) is 3.78. The van der Waals surface area contributed by atoms with Crippen molar-refractivity contribution in [3.8, 4) is 0 Å². The van der Waals surface area contributed by atoms with Crippen LogP contribution in [0, 0.1) is 0 Å². The molecule has 2 aromatic rings. The van der Waals surface area contributed by atoms with Gasteiger partial charge in [0.15, 0.2) is 0 Å². The van der Waals surface area contributed by atoms with Crippen LogP contribution in [0.1, 0.15) is 24.2 Å². The number of rotatable bonds is 4. The highest BCUT2D eigenvalue weighted by Crippen LogP contribution is 2.17. The highest BCUT2D eigenvalue weighted by Gasteiger charge is 2.05. The van der Waals surface area contributed by atoms with E-state index >= 15 is 0 Å². The lowest BCUT2D eigenvalue weighted by atomic mass is 10.2. The van der Waals surface area contributed by atoms with Gasteiger partial charge in [0.2, 0.25) is 0 Å². The zero-order chi connectivity index (χ0) is 13.8. The lowest BCUT2D eigenvalue weighted by Crippen LogP contribution is -2.17. The molecule has 0 fully saturated rings. The highest BCUT2D eigenvalue weighted by molar-refractivity contribution is 9.10. The van der Waals surface area contributed by atoms with E-state index in [0.717, 1.165) is 22.4 Å². The molecule has 0 spiro atoms. The van der Waals surface area contributed by atoms with E-state index in [4.69, 9.17) is 5.73 Å². The van der Waals surface area contributed by atoms with Crippen LogP contribution in [0.3, 0.4) is 0 Å². The van der Waals surface area contributed by atoms with Crippen LogP contribution in [0.5, 0.6) is 0 Å². The van der Waals surface area contributed by atoms with Crippen LogP contribution in [0.25, 0.3) is 0 Å². The largest absolute Gasteiger partial charge is 0.369 e. The third-order valence-corrected chi connectivity index (χ3v) is 3.54. The number of benzene rings is 1. The van der Waals surface area contributed by atoms with E-state index in [1.807, 2.05) is 19.2 Å². The predicted octanol–water partition coefficient (Wildman–Crippen LogP) is 3.50. The van der Waals surface area contributed by atoms with E-state index < -0.39 is 0 Å². The molecule has 4 heteroatoms. The fourth-order valence-corrected chi connectivity index (χ4v) is 2.11. The van der Waals surface area contributed by atoms with Gasteiger partial charge in [-0.2, -0.15) is 0 Å². The Kier molecular flexibility index (Phi) is 4.56. The van der Waals surface area contributed by atoms with Crippen LogP contribution < -0.4 is 10.6 Å². The van der Waals surface area contributed by atoms with Crippen LogP contribution in [0.15, 0.2) is 47.1 Å². The van der Waals surface area contributed by atoms with Crippen LogP contribution in [0.2, 0.25) is 0 Å². The SMILES string of the molecule is CC(N)c1ccc(N(C)Cc2ccc(Br)cc2)cn1. The minimum atomic E-state index is -0.0224. The van der Waals surface area contributed by atoms with E-state index in [0.29, 0.717) is 0 Å². The summed E-state index contributed by atoms with van der Waals surface area (Å²) in [5.74, 6) is 0. The maximum absolute atomic E-state index is 5.80. The molecule has 0 aliphatic rings. The van der Waals surface area contributed by atoms with Gasteiger partial charge in [0.25, 0.3) is 0 Å². The average molecular weight is 320 g/mol. The Bertz CT molecular complexity index is 520. The Morgan fingerprint density at radius 2 is 1.89 bits per heavy atom. The molecule has 2 N–H and O–H groups in total. The molecule has 1 aromatic carbocycles. The van der Waals surface area contributed by atoms with Crippen molar-refractivity contribution in [3.63, 3.8) is 0 Å². The van der Waals surface area contributed by atoms with Gasteiger partial charge in [-0.1, -0.05) is 28.1 Å². The van der Waals surface area contributed by atoms with Gasteiger partial charge in [-0.25, -0.2) is 0 Å². The van der Waals surface area contributed by atoms with Crippen molar-refractivity contribution in [2.45, 2.75) is 19.5 Å². The normalized spacial score (nSPS) is 12.2. The average Bonchev–Trinajstić information content (AvgIpc) is 2.41. The standard InChI is InChI=1S/C15H18BrN3/c1-11(17)15-8-7-14(9-18-15)19(2)10-12-3-5-13(16)6-4-12/h3-9,11H,10,17H2,1-2H3. The first-order chi connectivity index (χ1) is 9.06. The first kappa shape index (κ1) is 14.0. The molecule has 2 rings (SSSR count). The first-order valence-corrected chi connectivity index (χ1v) is 7.02. The zero-order valence-electron chi connectivity index (χ0n) is 11.2. The molecule has 100 valence electrons. The highest BCUT2D eigenvalue weighted by atomic mass is 79.9. The summed E-state index contributed by atoms with van der Waals surface area (Å²) in [7, 11) is 2.06. The van der Waals surface area contributed by atoms with E-state index in [1.165, 1.54) is 5.56 Å². The summed E-state index contributed by atoms with van der Waals surface area (Å²) in [4.78, 5) is 6.55. The van der Waals surface area contributed by atoms with E-state index in [2.05, 4.69) is 63.2 Å². The van der Waals surface area contributed by atoms with Gasteiger partial charge < -0.3 is 10.6 Å². The fourth-order valence-electron chi connectivity index (χ4n) is 1.85. The summed E-state index contributed by atoms with van der Waals surface area (Å²) in [6.45, 7) is 2.79. The minimum absolute atomic E-state index is 0.0224. The molecule has 1 atom stereocenters. The van der Waals surface area contributed by atoms with Crippen LogP contribution >= 0.6 is 15.9 Å². The Hall–Kier alpha value is -1.39. The van der Waals surface area contributed by atoms with Crippen molar-refractivity contribution in [2.75, 3.05) is 11.9 Å². The number of aromatic nitrogens is 1. The number of nitrogens with two attached hydrogens (primary N) is 1. The molecule has 0 aliphatic carbocycles. The second-order valence-corrected chi connectivity index (χ2v) is 5.63. The molecule has 0 radical (unpaired) electrons. The van der Waals surface area contributed by atoms with Crippen LogP contribution in [-0.2, 0) is 6.54 Å². The van der Waals surface area contributed by atoms with Crippen molar-refractivity contribution in [3.05, 3.63) is 58.3 Å². The second-order valence-electron chi connectivity index (χ2n) is 4.71. The third-order valence-electron chi connectivity index (χ3n) is 3.01. The summed E-state index contributed by atoms with van der Waals surface area (Å²) in [5.41, 5.74) is 9.07. The van der Waals surface area contributed by atoms with Gasteiger partial charge >= 0.3 is 0 Å². The molecule has 1 unspecified atom stereocenters. The number of nitrogens with zero attached hydrogens (tertiary/aromatic N) is 2. The Morgan fingerprint density at radius 1 is 1.21 bits per heavy atom. The molecule has 0 saturated heterocycles. The molecule has 0 saturated carbocycles. The molecule has 3 nitrogen and oxygen atoms in total. The van der Waals surface area contributed by atoms with Crippen LogP contribution in [0.4, 0.5) is 5.69 Å². The first-order valence-electron chi connectivity index (χ1n) is 6.23. The van der Waals surface area contributed by atoms with E-state index in [9.17, 15) is 0 Å². The van der Waals surface area contributed by atoms with Crippen molar-refractivity contribution >= 4 is 21.6 Å². The molecule has 0 bridgehead atoms. The summed E-state index contributed by atoms with van der Waals surface area (Å²) in [5, 5.41) is 0. The molecule has 0 aliphatic heterocycles. The van der Waals surface area contributed by atoms with Crippen molar-refractivity contribution < 1.29 is 0 Å². The van der Waals surface area contributed by atoms with Gasteiger partial charge in [-0.05, 0) is 36.8 Å². The number of hydrogen-bond acceptors (Lipinski definition) is 3. The van der Waals surface area contributed by atoms with Crippen molar-refractivity contribution in [2.24, 2.45) is 5.73 Å². The van der Waals surface area contributed by atoms with Crippen molar-refractivity contribution in [1.82, 2.24) is 4.98 Å². The number of pyridine rings is 1. The monoisotopic (exact) mass is 319 g/mol. The van der Waals surface area contributed by atoms with E-state index in [-0.39, 0.29) is 6.04 Å². The number of anilines is 1. The van der Waals surface area contributed by atoms with Gasteiger partial charge in [-0.15, -0.1) is 0 Å². The molecule has 19 heavy (non-hydrogen) atoms. The van der Waals surface area contributed by atoms with E-state index in [1.54, 1.807) is 0 Å². The molecular formula is C15H18BrN3. The Morgan fingerprint density at radius 3 is 2.42 bits per heavy atom. The lowest BCUT2D eigenvalue weighted by molar-refractivity contribution is 0.779. The lowest BCUT2D eigenvalue weighted by Gasteiger charge is -2.19. The van der Waals surface area contributed by atoms with Gasteiger partial charge in [0.05, 0.1) is 17.6 Å². The smallest absolute Gasteiger partial charge is 0.0569 e. The number of hydrogen-bond donors (Lipinski definition) is 1. The number of halogens is 1. The second kappa shape index (κ2) is 6.17. The van der Waals surface area contributed by atoms with Gasteiger partial charge in [0, 0.05) is 24.1 Å². The van der Waals surface area contributed by atoms with Gasteiger partial charge in [0.1, 0.15) is 0 Å². The Balaban J connectivity index is 2.07. The zero-order valence-corrected chi connectivity index (χ0v) is 12.8. The molecule has 0 amide bonds. The molecule has 1 aromatic heterocycles. The molecular weight excluding hydrogens is 302 g/mol. The summed E-state index contributed by atoms with van der Waals surface area (Å²) < 4.78 is 1.10. The Labute approximate surface area is 122 Å². The van der Waals surface area contributed by atoms with Crippen LogP contribution in [-0.4, -0.2) is 12.0 Å². The summed E-state index contributed by atoms with van der Waals surface area (Å²) in [6, 6.07) is 12.4. The van der Waals surface area contributed by atoms with Gasteiger partial charge in [-0.3, -0.25) is 4.98 Å². The topological polar surface area (TPSA) is 42.1 Å². The fraction of sp³-hybridized carbons (Fsp3) is 0.267. The maximum atomic E-state index is 5.80. The van der Waals surface area contributed by atoms with Crippen molar-refractivity contribution in [1.29, 1.82) is 0 Å². The summed E-state index contributed by atoms with van der Waals surface area (Å²) >= 11 is 3.44. The molecule has 1 heterocycles. The minimum Gasteiger partial charge on any atom is -0.369 e. The summed E-state index contributed by atoms with van der Waals surface area (Å²) in [6.07, 6.45) is 1.87.